The molecule has 5 rings (SSSR count). The number of fused-ring (bicyclic) bond motifs is 2. The Kier molecular flexibility index (Phi) is 4.55. The fourth-order valence-electron chi connectivity index (χ4n) is 4.82. The van der Waals surface area contributed by atoms with Crippen molar-refractivity contribution in [1.82, 2.24) is 9.88 Å². The molecule has 3 aromatic rings. The van der Waals surface area contributed by atoms with E-state index < -0.39 is 0 Å². The minimum atomic E-state index is -0.0578. The third-order valence-corrected chi connectivity index (χ3v) is 6.24. The van der Waals surface area contributed by atoms with Gasteiger partial charge in [-0.3, -0.25) is 9.78 Å². The van der Waals surface area contributed by atoms with E-state index in [4.69, 9.17) is 4.98 Å². The van der Waals surface area contributed by atoms with Crippen LogP contribution in [-0.2, 0) is 23.2 Å². The molecule has 2 aliphatic heterocycles. The van der Waals surface area contributed by atoms with Crippen molar-refractivity contribution in [3.8, 4) is 0 Å². The molecule has 4 nitrogen and oxygen atoms in total. The molecule has 1 aromatic heterocycles. The summed E-state index contributed by atoms with van der Waals surface area (Å²) in [5.74, 6) is 0.215. The zero-order valence-electron chi connectivity index (χ0n) is 16.5. The SMILES string of the molecule is O=C(Cc1ccccc1)N1CC[C@]2(C1)CN(Cc1ccccc1)c1cccnc12. The molecule has 1 atom stereocenters. The molecule has 1 saturated heterocycles. The van der Waals surface area contributed by atoms with Gasteiger partial charge < -0.3 is 9.80 Å². The van der Waals surface area contributed by atoms with Crippen LogP contribution < -0.4 is 4.90 Å². The first kappa shape index (κ1) is 17.9. The van der Waals surface area contributed by atoms with Crippen molar-refractivity contribution in [2.45, 2.75) is 24.8 Å². The number of carbonyl (C=O) groups is 1. The number of aromatic nitrogens is 1. The van der Waals surface area contributed by atoms with Crippen molar-refractivity contribution in [2.75, 3.05) is 24.5 Å². The van der Waals surface area contributed by atoms with E-state index in [0.29, 0.717) is 6.42 Å². The lowest BCUT2D eigenvalue weighted by Gasteiger charge is -2.26. The van der Waals surface area contributed by atoms with Crippen LogP contribution >= 0.6 is 0 Å². The van der Waals surface area contributed by atoms with Crippen LogP contribution in [0.1, 0.15) is 23.2 Å². The van der Waals surface area contributed by atoms with E-state index in [9.17, 15) is 4.79 Å². The lowest BCUT2D eigenvalue weighted by Crippen LogP contribution is -2.38. The first-order chi connectivity index (χ1) is 14.2. The summed E-state index contributed by atoms with van der Waals surface area (Å²) in [7, 11) is 0. The lowest BCUT2D eigenvalue weighted by atomic mass is 9.85. The van der Waals surface area contributed by atoms with Gasteiger partial charge in [0.15, 0.2) is 0 Å². The van der Waals surface area contributed by atoms with Crippen LogP contribution in [-0.4, -0.2) is 35.4 Å². The molecule has 1 fully saturated rings. The number of nitrogens with zero attached hydrogens (tertiary/aromatic N) is 3. The Morgan fingerprint density at radius 2 is 1.62 bits per heavy atom. The van der Waals surface area contributed by atoms with Crippen LogP contribution in [0.5, 0.6) is 0 Å². The quantitative estimate of drug-likeness (QED) is 0.687. The summed E-state index contributed by atoms with van der Waals surface area (Å²) < 4.78 is 0. The molecule has 0 saturated carbocycles. The predicted molar refractivity (Wildman–Crippen MR) is 115 cm³/mol. The predicted octanol–water partition coefficient (Wildman–Crippen LogP) is 3.81. The average molecular weight is 383 g/mol. The molecule has 2 aromatic carbocycles. The zero-order valence-corrected chi connectivity index (χ0v) is 16.5. The second-order valence-corrected chi connectivity index (χ2v) is 8.22. The summed E-state index contributed by atoms with van der Waals surface area (Å²) in [6.45, 7) is 3.36. The highest BCUT2D eigenvalue weighted by Crippen LogP contribution is 2.45. The summed E-state index contributed by atoms with van der Waals surface area (Å²) in [5.41, 5.74) is 4.70. The number of hydrogen-bond acceptors (Lipinski definition) is 3. The zero-order chi connectivity index (χ0) is 19.7. The second-order valence-electron chi connectivity index (χ2n) is 8.22. The molecule has 3 heterocycles. The van der Waals surface area contributed by atoms with Crippen LogP contribution in [0.4, 0.5) is 5.69 Å². The van der Waals surface area contributed by atoms with Crippen molar-refractivity contribution in [2.24, 2.45) is 0 Å². The fraction of sp³-hybridized carbons (Fsp3) is 0.280. The van der Waals surface area contributed by atoms with Crippen molar-refractivity contribution in [3.05, 3.63) is 95.8 Å². The van der Waals surface area contributed by atoms with E-state index in [1.807, 2.05) is 47.5 Å². The highest BCUT2D eigenvalue weighted by Gasteiger charge is 2.49. The van der Waals surface area contributed by atoms with Gasteiger partial charge >= 0.3 is 0 Å². The minimum absolute atomic E-state index is 0.0578. The Morgan fingerprint density at radius 3 is 2.38 bits per heavy atom. The van der Waals surface area contributed by atoms with Gasteiger partial charge in [0.25, 0.3) is 0 Å². The maximum Gasteiger partial charge on any atom is 0.227 e. The van der Waals surface area contributed by atoms with Crippen molar-refractivity contribution >= 4 is 11.6 Å². The monoisotopic (exact) mass is 383 g/mol. The highest BCUT2D eigenvalue weighted by molar-refractivity contribution is 5.79. The molecule has 4 heteroatoms. The Balaban J connectivity index is 1.36. The third kappa shape index (κ3) is 3.39. The Morgan fingerprint density at radius 1 is 0.897 bits per heavy atom. The van der Waals surface area contributed by atoms with E-state index in [-0.39, 0.29) is 11.3 Å². The van der Waals surface area contributed by atoms with E-state index in [1.54, 1.807) is 0 Å². The van der Waals surface area contributed by atoms with Gasteiger partial charge in [-0.2, -0.15) is 0 Å². The molecular weight excluding hydrogens is 358 g/mol. The normalized spacial score (nSPS) is 20.3. The topological polar surface area (TPSA) is 36.4 Å². The molecule has 1 spiro atoms. The van der Waals surface area contributed by atoms with Gasteiger partial charge in [-0.1, -0.05) is 60.7 Å². The molecule has 0 N–H and O–H groups in total. The minimum Gasteiger partial charge on any atom is -0.365 e. The van der Waals surface area contributed by atoms with Gasteiger partial charge in [0.2, 0.25) is 5.91 Å². The van der Waals surface area contributed by atoms with Crippen molar-refractivity contribution < 1.29 is 4.79 Å². The molecular formula is C25H25N3O. The largest absolute Gasteiger partial charge is 0.365 e. The molecule has 2 aliphatic rings. The van der Waals surface area contributed by atoms with Crippen LogP contribution in [0.3, 0.4) is 0 Å². The Hall–Kier alpha value is -3.14. The number of hydrogen-bond donors (Lipinski definition) is 0. The Labute approximate surface area is 171 Å². The summed E-state index contributed by atoms with van der Waals surface area (Å²) in [5, 5.41) is 0. The fourth-order valence-corrected chi connectivity index (χ4v) is 4.82. The molecule has 146 valence electrons. The number of likely N-dealkylation sites (tertiary alicyclic amines) is 1. The first-order valence-electron chi connectivity index (χ1n) is 10.3. The summed E-state index contributed by atoms with van der Waals surface area (Å²) in [6, 6.07) is 24.8. The van der Waals surface area contributed by atoms with Crippen molar-refractivity contribution in [1.29, 1.82) is 0 Å². The van der Waals surface area contributed by atoms with Gasteiger partial charge in [-0.25, -0.2) is 0 Å². The first-order valence-corrected chi connectivity index (χ1v) is 10.3. The van der Waals surface area contributed by atoms with E-state index in [2.05, 4.69) is 41.3 Å². The summed E-state index contributed by atoms with van der Waals surface area (Å²) in [6.07, 6.45) is 3.34. The Bertz CT molecular complexity index is 1000. The van der Waals surface area contributed by atoms with E-state index >= 15 is 0 Å². The molecule has 0 unspecified atom stereocenters. The highest BCUT2D eigenvalue weighted by atomic mass is 16.2. The van der Waals surface area contributed by atoms with Crippen LogP contribution in [0, 0.1) is 0 Å². The molecule has 29 heavy (non-hydrogen) atoms. The molecule has 0 radical (unpaired) electrons. The van der Waals surface area contributed by atoms with Crippen LogP contribution in [0.15, 0.2) is 79.0 Å². The third-order valence-electron chi connectivity index (χ3n) is 6.24. The lowest BCUT2D eigenvalue weighted by molar-refractivity contribution is -0.129. The van der Waals surface area contributed by atoms with Gasteiger partial charge in [0.1, 0.15) is 0 Å². The van der Waals surface area contributed by atoms with Gasteiger partial charge in [0, 0.05) is 32.4 Å². The van der Waals surface area contributed by atoms with Crippen molar-refractivity contribution in [3.63, 3.8) is 0 Å². The van der Waals surface area contributed by atoms with Gasteiger partial charge in [-0.05, 0) is 29.7 Å². The average Bonchev–Trinajstić information content (AvgIpc) is 3.32. The van der Waals surface area contributed by atoms with Gasteiger partial charge in [-0.15, -0.1) is 0 Å². The summed E-state index contributed by atoms with van der Waals surface area (Å²) in [4.78, 5) is 22.2. The number of rotatable bonds is 4. The smallest absolute Gasteiger partial charge is 0.227 e. The number of carbonyl (C=O) groups excluding carboxylic acids is 1. The summed E-state index contributed by atoms with van der Waals surface area (Å²) >= 11 is 0. The van der Waals surface area contributed by atoms with Crippen LogP contribution in [0.2, 0.25) is 0 Å². The number of amides is 1. The maximum atomic E-state index is 12.9. The van der Waals surface area contributed by atoms with Gasteiger partial charge in [0.05, 0.1) is 23.2 Å². The molecule has 1 amide bonds. The van der Waals surface area contributed by atoms with Crippen LogP contribution in [0.25, 0.3) is 0 Å². The maximum absolute atomic E-state index is 12.9. The molecule has 0 bridgehead atoms. The van der Waals surface area contributed by atoms with E-state index in [0.717, 1.165) is 43.9 Å². The van der Waals surface area contributed by atoms with E-state index in [1.165, 1.54) is 11.3 Å². The standard InChI is InChI=1S/C25H25N3O/c29-23(16-20-8-3-1-4-9-20)27-15-13-25(18-27)19-28(17-21-10-5-2-6-11-21)22-12-7-14-26-24(22)25/h1-12,14H,13,15-19H2/t25-/m0/s1. The second kappa shape index (κ2) is 7.36. The number of anilines is 1. The molecule has 0 aliphatic carbocycles. The number of pyridine rings is 1. The number of benzene rings is 2.